The maximum atomic E-state index is 12.5. The van der Waals surface area contributed by atoms with Crippen LogP contribution in [0.1, 0.15) is 25.2 Å². The molecule has 1 heterocycles. The van der Waals surface area contributed by atoms with Crippen LogP contribution in [-0.2, 0) is 21.4 Å². The number of rotatable bonds is 9. The molecule has 0 saturated carbocycles. The van der Waals surface area contributed by atoms with Gasteiger partial charge in [0.1, 0.15) is 0 Å². The second-order valence-corrected chi connectivity index (χ2v) is 8.53. The van der Waals surface area contributed by atoms with E-state index in [1.165, 1.54) is 22.5 Å². The molecule has 0 spiro atoms. The molecule has 162 valence electrons. The third kappa shape index (κ3) is 5.65. The molecule has 8 nitrogen and oxygen atoms in total. The van der Waals surface area contributed by atoms with Gasteiger partial charge in [0.05, 0.1) is 11.4 Å². The summed E-state index contributed by atoms with van der Waals surface area (Å²) in [7, 11) is -3.50. The summed E-state index contributed by atoms with van der Waals surface area (Å²) in [6.45, 7) is 4.55. The normalized spacial score (nSPS) is 11.8. The Morgan fingerprint density at radius 1 is 1.06 bits per heavy atom. The fourth-order valence-corrected chi connectivity index (χ4v) is 4.34. The first-order chi connectivity index (χ1) is 14.9. The van der Waals surface area contributed by atoms with E-state index in [2.05, 4.69) is 15.5 Å². The molecular weight excluding hydrogens is 416 g/mol. The van der Waals surface area contributed by atoms with E-state index in [1.54, 1.807) is 32.1 Å². The molecular formula is C22H24N4O4S. The Labute approximate surface area is 181 Å². The van der Waals surface area contributed by atoms with Gasteiger partial charge in [-0.3, -0.25) is 4.79 Å². The Morgan fingerprint density at radius 3 is 2.39 bits per heavy atom. The number of nitrogens with zero attached hydrogens (tertiary/aromatic N) is 3. The van der Waals surface area contributed by atoms with Crippen LogP contribution in [0, 0.1) is 0 Å². The summed E-state index contributed by atoms with van der Waals surface area (Å²) in [6, 6.07) is 15.7. The number of hydrogen-bond acceptors (Lipinski definition) is 6. The lowest BCUT2D eigenvalue weighted by atomic mass is 10.2. The maximum absolute atomic E-state index is 12.5. The van der Waals surface area contributed by atoms with Gasteiger partial charge in [0.25, 0.3) is 5.89 Å². The van der Waals surface area contributed by atoms with Crippen LogP contribution in [0.25, 0.3) is 17.5 Å². The minimum Gasteiger partial charge on any atom is -0.345 e. The minimum absolute atomic E-state index is 0.126. The summed E-state index contributed by atoms with van der Waals surface area (Å²) in [6.07, 6.45) is 2.97. The molecule has 9 heteroatoms. The van der Waals surface area contributed by atoms with Crippen molar-refractivity contribution in [3.05, 3.63) is 72.1 Å². The largest absolute Gasteiger partial charge is 0.345 e. The van der Waals surface area contributed by atoms with Crippen LogP contribution in [0.5, 0.6) is 0 Å². The quantitative estimate of drug-likeness (QED) is 0.513. The molecule has 2 aromatic carbocycles. The molecule has 0 aliphatic heterocycles. The third-order valence-corrected chi connectivity index (χ3v) is 6.62. The van der Waals surface area contributed by atoms with E-state index >= 15 is 0 Å². The van der Waals surface area contributed by atoms with Gasteiger partial charge in [-0.1, -0.05) is 49.3 Å². The first-order valence-corrected chi connectivity index (χ1v) is 11.3. The molecule has 0 radical (unpaired) electrons. The van der Waals surface area contributed by atoms with Crippen molar-refractivity contribution < 1.29 is 17.7 Å². The molecule has 0 atom stereocenters. The predicted molar refractivity (Wildman–Crippen MR) is 117 cm³/mol. The molecule has 3 aromatic rings. The molecule has 3 rings (SSSR count). The summed E-state index contributed by atoms with van der Waals surface area (Å²) < 4.78 is 31.6. The Bertz CT molecular complexity index is 1140. The number of benzene rings is 2. The standard InChI is InChI=1S/C22H24N4O4S/c1-3-26(4-2)31(28,29)19-13-10-17(11-14-19)12-15-21(27)23-16-20-24-22(30-25-20)18-8-6-5-7-9-18/h5-15H,3-4,16H2,1-2H3,(H,23,27)/b15-12-. The van der Waals surface area contributed by atoms with Gasteiger partial charge < -0.3 is 9.84 Å². The number of carbonyl (C=O) groups excluding carboxylic acids is 1. The fraction of sp³-hybridized carbons (Fsp3) is 0.227. The van der Waals surface area contributed by atoms with Crippen molar-refractivity contribution in [3.8, 4) is 11.5 Å². The van der Waals surface area contributed by atoms with Crippen molar-refractivity contribution >= 4 is 22.0 Å². The Kier molecular flexibility index (Phi) is 7.32. The van der Waals surface area contributed by atoms with Crippen LogP contribution in [0.4, 0.5) is 0 Å². The van der Waals surface area contributed by atoms with Crippen LogP contribution in [-0.4, -0.2) is 41.9 Å². The van der Waals surface area contributed by atoms with Crippen molar-refractivity contribution in [2.24, 2.45) is 0 Å². The van der Waals surface area contributed by atoms with Crippen LogP contribution in [0.2, 0.25) is 0 Å². The summed E-state index contributed by atoms with van der Waals surface area (Å²) in [5, 5.41) is 6.54. The molecule has 0 unspecified atom stereocenters. The monoisotopic (exact) mass is 440 g/mol. The predicted octanol–water partition coefficient (Wildman–Crippen LogP) is 3.10. The van der Waals surface area contributed by atoms with E-state index < -0.39 is 10.0 Å². The fourth-order valence-electron chi connectivity index (χ4n) is 2.88. The van der Waals surface area contributed by atoms with Gasteiger partial charge in [-0.25, -0.2) is 8.42 Å². The summed E-state index contributed by atoms with van der Waals surface area (Å²) >= 11 is 0. The van der Waals surface area contributed by atoms with Gasteiger partial charge in [-0.05, 0) is 35.9 Å². The lowest BCUT2D eigenvalue weighted by Crippen LogP contribution is -2.30. The van der Waals surface area contributed by atoms with Crippen molar-refractivity contribution in [1.29, 1.82) is 0 Å². The van der Waals surface area contributed by atoms with Crippen LogP contribution in [0.15, 0.2) is 70.1 Å². The van der Waals surface area contributed by atoms with Gasteiger partial charge in [0, 0.05) is 24.7 Å². The number of nitrogens with one attached hydrogen (secondary N) is 1. The summed E-state index contributed by atoms with van der Waals surface area (Å²) in [4.78, 5) is 16.6. The number of sulfonamides is 1. The lowest BCUT2D eigenvalue weighted by Gasteiger charge is -2.18. The molecule has 0 aliphatic carbocycles. The molecule has 1 amide bonds. The third-order valence-electron chi connectivity index (χ3n) is 4.56. The number of amides is 1. The van der Waals surface area contributed by atoms with Gasteiger partial charge in [0.2, 0.25) is 15.9 Å². The highest BCUT2D eigenvalue weighted by Crippen LogP contribution is 2.17. The number of aromatic nitrogens is 2. The van der Waals surface area contributed by atoms with Crippen LogP contribution in [0.3, 0.4) is 0 Å². The zero-order valence-electron chi connectivity index (χ0n) is 17.4. The molecule has 31 heavy (non-hydrogen) atoms. The van der Waals surface area contributed by atoms with Crippen LogP contribution >= 0.6 is 0 Å². The molecule has 1 aromatic heterocycles. The number of hydrogen-bond donors (Lipinski definition) is 1. The highest BCUT2D eigenvalue weighted by molar-refractivity contribution is 7.89. The van der Waals surface area contributed by atoms with E-state index in [9.17, 15) is 13.2 Å². The van der Waals surface area contributed by atoms with Gasteiger partial charge in [-0.2, -0.15) is 9.29 Å². The van der Waals surface area contributed by atoms with Crippen LogP contribution < -0.4 is 5.32 Å². The molecule has 0 saturated heterocycles. The summed E-state index contributed by atoms with van der Waals surface area (Å²) in [5.41, 5.74) is 1.51. The van der Waals surface area contributed by atoms with Crippen molar-refractivity contribution in [1.82, 2.24) is 19.8 Å². The second-order valence-electron chi connectivity index (χ2n) is 6.59. The lowest BCUT2D eigenvalue weighted by molar-refractivity contribution is -0.116. The Morgan fingerprint density at radius 2 is 1.74 bits per heavy atom. The van der Waals surface area contributed by atoms with E-state index in [4.69, 9.17) is 4.52 Å². The number of carbonyl (C=O) groups is 1. The average molecular weight is 441 g/mol. The van der Waals surface area contributed by atoms with E-state index in [0.717, 1.165) is 5.56 Å². The molecule has 0 aliphatic rings. The van der Waals surface area contributed by atoms with E-state index in [0.29, 0.717) is 30.4 Å². The minimum atomic E-state index is -3.50. The van der Waals surface area contributed by atoms with Gasteiger partial charge >= 0.3 is 0 Å². The zero-order valence-corrected chi connectivity index (χ0v) is 18.2. The first kappa shape index (κ1) is 22.4. The van der Waals surface area contributed by atoms with Crippen molar-refractivity contribution in [2.45, 2.75) is 25.3 Å². The zero-order chi connectivity index (χ0) is 22.3. The van der Waals surface area contributed by atoms with Gasteiger partial charge in [-0.15, -0.1) is 0 Å². The van der Waals surface area contributed by atoms with E-state index in [1.807, 2.05) is 30.3 Å². The summed E-state index contributed by atoms with van der Waals surface area (Å²) in [5.74, 6) is 0.428. The van der Waals surface area contributed by atoms with Crippen molar-refractivity contribution in [3.63, 3.8) is 0 Å². The maximum Gasteiger partial charge on any atom is 0.257 e. The topological polar surface area (TPSA) is 105 Å². The molecule has 0 fully saturated rings. The van der Waals surface area contributed by atoms with Crippen molar-refractivity contribution in [2.75, 3.05) is 13.1 Å². The highest BCUT2D eigenvalue weighted by Gasteiger charge is 2.20. The average Bonchev–Trinajstić information content (AvgIpc) is 3.27. The smallest absolute Gasteiger partial charge is 0.257 e. The second kappa shape index (κ2) is 10.1. The first-order valence-electron chi connectivity index (χ1n) is 9.88. The Hall–Kier alpha value is -3.30. The highest BCUT2D eigenvalue weighted by atomic mass is 32.2. The molecule has 1 N–H and O–H groups in total. The molecule has 0 bridgehead atoms. The Balaban J connectivity index is 1.56. The van der Waals surface area contributed by atoms with E-state index in [-0.39, 0.29) is 17.3 Å². The SMILES string of the molecule is CCN(CC)S(=O)(=O)c1ccc(/C=C\C(=O)NCc2noc(-c3ccccc3)n2)cc1. The van der Waals surface area contributed by atoms with Gasteiger partial charge in [0.15, 0.2) is 5.82 Å².